The Bertz CT molecular complexity index is 498. The molecular weight excluding hydrogens is 251 g/mol. The van der Waals surface area contributed by atoms with Gasteiger partial charge in [-0.3, -0.25) is 4.79 Å². The zero-order valence-corrected chi connectivity index (χ0v) is 10.6. The second-order valence-electron chi connectivity index (χ2n) is 4.28. The Morgan fingerprint density at radius 2 is 2.21 bits per heavy atom. The van der Waals surface area contributed by atoms with E-state index in [2.05, 4.69) is 4.74 Å². The molecule has 2 rings (SSSR count). The number of benzene rings is 1. The molecule has 0 spiro atoms. The molecule has 1 aliphatic rings. The number of aryl methyl sites for hydroxylation is 1. The van der Waals surface area contributed by atoms with Gasteiger partial charge in [-0.15, -0.1) is 0 Å². The topological polar surface area (TPSA) is 52.6 Å². The average molecular weight is 266 g/mol. The summed E-state index contributed by atoms with van der Waals surface area (Å²) in [4.78, 5) is 22.7. The molecule has 1 aromatic rings. The van der Waals surface area contributed by atoms with Crippen LogP contribution in [0.15, 0.2) is 18.2 Å². The van der Waals surface area contributed by atoms with Crippen molar-refractivity contribution in [1.82, 2.24) is 0 Å². The molecule has 0 fully saturated rings. The Hall–Kier alpha value is -1.91. The van der Waals surface area contributed by atoms with Gasteiger partial charge in [-0.05, 0) is 43.5 Å². The Kier molecular flexibility index (Phi) is 4.14. The number of ketones is 1. The average Bonchev–Trinajstić information content (AvgIpc) is 2.39. The highest BCUT2D eigenvalue weighted by Crippen LogP contribution is 2.26. The van der Waals surface area contributed by atoms with Crippen LogP contribution in [0.25, 0.3) is 0 Å². The van der Waals surface area contributed by atoms with Crippen LogP contribution >= 0.6 is 0 Å². The van der Waals surface area contributed by atoms with Gasteiger partial charge in [0.05, 0.1) is 6.61 Å². The van der Waals surface area contributed by atoms with E-state index in [1.165, 1.54) is 6.07 Å². The molecule has 1 atom stereocenters. The van der Waals surface area contributed by atoms with Crippen molar-refractivity contribution in [3.05, 3.63) is 29.3 Å². The number of fused-ring (bicyclic) bond motifs is 1. The number of halogens is 1. The van der Waals surface area contributed by atoms with Crippen molar-refractivity contribution in [2.75, 3.05) is 6.61 Å². The Labute approximate surface area is 110 Å². The largest absolute Gasteiger partial charge is 0.461 e. The van der Waals surface area contributed by atoms with Gasteiger partial charge in [0.1, 0.15) is 5.75 Å². The lowest BCUT2D eigenvalue weighted by Gasteiger charge is -2.16. The van der Waals surface area contributed by atoms with Gasteiger partial charge in [-0.2, -0.15) is 4.39 Å². The summed E-state index contributed by atoms with van der Waals surface area (Å²) in [5, 5.41) is 0. The van der Waals surface area contributed by atoms with E-state index >= 15 is 0 Å². The number of hydrogen-bond donors (Lipinski definition) is 0. The first-order valence-corrected chi connectivity index (χ1v) is 6.25. The number of hydrogen-bond acceptors (Lipinski definition) is 4. The minimum atomic E-state index is -2.14. The van der Waals surface area contributed by atoms with Gasteiger partial charge in [0.25, 0.3) is 0 Å². The lowest BCUT2D eigenvalue weighted by atomic mass is 9.90. The first kappa shape index (κ1) is 13.5. The van der Waals surface area contributed by atoms with Crippen LogP contribution in [0.5, 0.6) is 5.75 Å². The molecule has 1 unspecified atom stereocenters. The third kappa shape index (κ3) is 3.10. The number of rotatable bonds is 4. The van der Waals surface area contributed by atoms with E-state index in [0.717, 1.165) is 18.4 Å². The van der Waals surface area contributed by atoms with Crippen LogP contribution < -0.4 is 4.74 Å². The van der Waals surface area contributed by atoms with Crippen LogP contribution in [0.2, 0.25) is 0 Å². The zero-order chi connectivity index (χ0) is 13.8. The van der Waals surface area contributed by atoms with Crippen molar-refractivity contribution in [2.24, 2.45) is 0 Å². The maximum atomic E-state index is 13.4. The second-order valence-corrected chi connectivity index (χ2v) is 4.28. The SMILES string of the molecule is CCOC(=O)C(F)Oc1ccc2c(c1)CCCC2=O. The van der Waals surface area contributed by atoms with Crippen molar-refractivity contribution in [3.8, 4) is 5.75 Å². The number of carbonyl (C=O) groups is 2. The molecule has 0 bridgehead atoms. The molecule has 5 heteroatoms. The standard InChI is InChI=1S/C14H15FO4/c1-2-18-14(17)13(15)19-10-6-7-11-9(8-10)4-3-5-12(11)16/h6-8,13H,2-5H2,1H3. The Balaban J connectivity index is 2.10. The zero-order valence-electron chi connectivity index (χ0n) is 10.6. The van der Waals surface area contributed by atoms with Gasteiger partial charge in [0.2, 0.25) is 0 Å². The van der Waals surface area contributed by atoms with Crippen molar-refractivity contribution in [2.45, 2.75) is 32.5 Å². The van der Waals surface area contributed by atoms with Gasteiger partial charge < -0.3 is 9.47 Å². The number of carbonyl (C=O) groups excluding carboxylic acids is 2. The molecule has 0 amide bonds. The number of alkyl halides is 1. The second kappa shape index (κ2) is 5.82. The Morgan fingerprint density at radius 3 is 2.95 bits per heavy atom. The van der Waals surface area contributed by atoms with Gasteiger partial charge in [-0.1, -0.05) is 0 Å². The van der Waals surface area contributed by atoms with E-state index in [-0.39, 0.29) is 18.1 Å². The molecule has 0 saturated heterocycles. The maximum absolute atomic E-state index is 13.4. The highest BCUT2D eigenvalue weighted by molar-refractivity contribution is 5.98. The summed E-state index contributed by atoms with van der Waals surface area (Å²) in [6, 6.07) is 4.72. The maximum Gasteiger partial charge on any atom is 0.381 e. The minimum Gasteiger partial charge on any atom is -0.461 e. The smallest absolute Gasteiger partial charge is 0.381 e. The molecule has 1 aliphatic carbocycles. The molecule has 0 heterocycles. The van der Waals surface area contributed by atoms with E-state index in [9.17, 15) is 14.0 Å². The van der Waals surface area contributed by atoms with Gasteiger partial charge >= 0.3 is 12.3 Å². The molecule has 102 valence electrons. The molecular formula is C14H15FO4. The fourth-order valence-corrected chi connectivity index (χ4v) is 2.07. The third-order valence-electron chi connectivity index (χ3n) is 2.94. The van der Waals surface area contributed by atoms with Gasteiger partial charge in [0.15, 0.2) is 5.78 Å². The predicted octanol–water partition coefficient (Wildman–Crippen LogP) is 2.44. The van der Waals surface area contributed by atoms with Crippen molar-refractivity contribution < 1.29 is 23.5 Å². The van der Waals surface area contributed by atoms with Crippen molar-refractivity contribution >= 4 is 11.8 Å². The van der Waals surface area contributed by atoms with Crippen molar-refractivity contribution in [3.63, 3.8) is 0 Å². The summed E-state index contributed by atoms with van der Waals surface area (Å²) in [6.07, 6.45) is -0.0555. The van der Waals surface area contributed by atoms with Crippen LogP contribution in [0, 0.1) is 0 Å². The monoisotopic (exact) mass is 266 g/mol. The van der Waals surface area contributed by atoms with E-state index in [1.807, 2.05) is 0 Å². The summed E-state index contributed by atoms with van der Waals surface area (Å²) in [7, 11) is 0. The van der Waals surface area contributed by atoms with E-state index in [4.69, 9.17) is 4.74 Å². The fourth-order valence-electron chi connectivity index (χ4n) is 2.07. The minimum absolute atomic E-state index is 0.0926. The van der Waals surface area contributed by atoms with Crippen LogP contribution in [-0.4, -0.2) is 24.7 Å². The predicted molar refractivity (Wildman–Crippen MR) is 65.9 cm³/mol. The molecule has 0 aliphatic heterocycles. The van der Waals surface area contributed by atoms with Gasteiger partial charge in [0, 0.05) is 12.0 Å². The normalized spacial score (nSPS) is 15.6. The molecule has 4 nitrogen and oxygen atoms in total. The summed E-state index contributed by atoms with van der Waals surface area (Å²) in [5.74, 6) is -0.722. The highest BCUT2D eigenvalue weighted by Gasteiger charge is 2.22. The fraction of sp³-hybridized carbons (Fsp3) is 0.429. The lowest BCUT2D eigenvalue weighted by Crippen LogP contribution is -2.25. The summed E-state index contributed by atoms with van der Waals surface area (Å²) in [6.45, 7) is 1.69. The van der Waals surface area contributed by atoms with Crippen LogP contribution in [0.3, 0.4) is 0 Å². The quantitative estimate of drug-likeness (QED) is 0.785. The molecule has 19 heavy (non-hydrogen) atoms. The van der Waals surface area contributed by atoms with Crippen LogP contribution in [0.4, 0.5) is 4.39 Å². The highest BCUT2D eigenvalue weighted by atomic mass is 19.1. The molecule has 1 aromatic carbocycles. The van der Waals surface area contributed by atoms with Gasteiger partial charge in [-0.25, -0.2) is 4.79 Å². The van der Waals surface area contributed by atoms with E-state index in [1.54, 1.807) is 19.1 Å². The van der Waals surface area contributed by atoms with E-state index < -0.39 is 12.3 Å². The molecule has 0 saturated carbocycles. The molecule has 0 aromatic heterocycles. The number of ether oxygens (including phenoxy) is 2. The summed E-state index contributed by atoms with van der Waals surface area (Å²) in [5.41, 5.74) is 1.50. The molecule has 0 radical (unpaired) electrons. The van der Waals surface area contributed by atoms with Crippen LogP contribution in [0.1, 0.15) is 35.7 Å². The lowest BCUT2D eigenvalue weighted by molar-refractivity contribution is -0.159. The Morgan fingerprint density at radius 1 is 1.42 bits per heavy atom. The van der Waals surface area contributed by atoms with Crippen molar-refractivity contribution in [1.29, 1.82) is 0 Å². The number of esters is 1. The third-order valence-corrected chi connectivity index (χ3v) is 2.94. The summed E-state index contributed by atoms with van der Waals surface area (Å²) >= 11 is 0. The van der Waals surface area contributed by atoms with E-state index in [0.29, 0.717) is 12.0 Å². The summed E-state index contributed by atoms with van der Waals surface area (Å²) < 4.78 is 22.8. The van der Waals surface area contributed by atoms with Crippen LogP contribution in [-0.2, 0) is 16.0 Å². The molecule has 0 N–H and O–H groups in total. The first-order valence-electron chi connectivity index (χ1n) is 6.25. The number of Topliss-reactive ketones (excluding diaryl/α,β-unsaturated/α-hetero) is 1. The first-order chi connectivity index (χ1) is 9.11.